The Balaban J connectivity index is 1.59. The highest BCUT2D eigenvalue weighted by atomic mass is 16.3. The fourth-order valence-electron chi connectivity index (χ4n) is 8.40. The van der Waals surface area contributed by atoms with E-state index in [0.717, 1.165) is 44.1 Å². The van der Waals surface area contributed by atoms with Crippen molar-refractivity contribution in [2.45, 2.75) is 103 Å². The zero-order valence-corrected chi connectivity index (χ0v) is 20.4. The first kappa shape index (κ1) is 24.4. The van der Waals surface area contributed by atoms with Gasteiger partial charge in [0.2, 0.25) is 0 Å². The molecule has 0 aromatic rings. The number of hydrogen-bond acceptors (Lipinski definition) is 5. The van der Waals surface area contributed by atoms with E-state index in [2.05, 4.69) is 27.7 Å². The van der Waals surface area contributed by atoms with E-state index in [4.69, 9.17) is 0 Å². The lowest BCUT2D eigenvalue weighted by atomic mass is 9.46. The van der Waals surface area contributed by atoms with Gasteiger partial charge in [0, 0.05) is 17.9 Å². The van der Waals surface area contributed by atoms with Gasteiger partial charge < -0.3 is 20.4 Å². The van der Waals surface area contributed by atoms with Crippen molar-refractivity contribution >= 4 is 5.78 Å². The quantitative estimate of drug-likeness (QED) is 0.497. The molecule has 0 aromatic heterocycles. The first-order chi connectivity index (χ1) is 15.0. The summed E-state index contributed by atoms with van der Waals surface area (Å²) in [4.78, 5) is 13.2. The smallest absolute Gasteiger partial charge is 0.159 e. The Hall–Kier alpha value is -0.750. The standard InChI is InChI=1S/C27H44O5/c1-16(15-28)6-5-7-17(2)18-9-11-27(32)20-12-22(29)21-13-23(30)24(31)14-25(21,3)19(20)8-10-26(18,27)4/h12,16-19,21,23-24,28,30-32H,5-11,13-15H2,1-4H3/t16?,17?,18-,19?,21+,23-,24+,25-,26-,27-/m1/s1. The summed E-state index contributed by atoms with van der Waals surface area (Å²) in [5, 5.41) is 42.2. The number of carbonyl (C=O) groups is 1. The second-order valence-electron chi connectivity index (χ2n) is 12.3. The second-order valence-corrected chi connectivity index (χ2v) is 12.3. The average molecular weight is 449 g/mol. The van der Waals surface area contributed by atoms with Crippen LogP contribution in [0.15, 0.2) is 11.6 Å². The van der Waals surface area contributed by atoms with Gasteiger partial charge in [-0.2, -0.15) is 0 Å². The van der Waals surface area contributed by atoms with Crippen molar-refractivity contribution in [2.24, 2.45) is 40.4 Å². The van der Waals surface area contributed by atoms with E-state index in [0.29, 0.717) is 37.0 Å². The second kappa shape index (κ2) is 8.48. The zero-order valence-electron chi connectivity index (χ0n) is 20.4. The number of hydrogen-bond donors (Lipinski definition) is 4. The van der Waals surface area contributed by atoms with Crippen LogP contribution < -0.4 is 0 Å². The molecule has 0 aliphatic heterocycles. The molecule has 182 valence electrons. The predicted molar refractivity (Wildman–Crippen MR) is 124 cm³/mol. The summed E-state index contributed by atoms with van der Waals surface area (Å²) in [6.07, 6.45) is 7.61. The van der Waals surface area contributed by atoms with Gasteiger partial charge in [-0.05, 0) is 85.7 Å². The summed E-state index contributed by atoms with van der Waals surface area (Å²) in [6, 6.07) is 0. The minimum atomic E-state index is -0.960. The Labute approximate surface area is 193 Å². The van der Waals surface area contributed by atoms with Crippen LogP contribution in [0.5, 0.6) is 0 Å². The number of allylic oxidation sites excluding steroid dienone is 1. The zero-order chi connectivity index (χ0) is 23.5. The topological polar surface area (TPSA) is 98.0 Å². The molecule has 5 nitrogen and oxygen atoms in total. The van der Waals surface area contributed by atoms with Crippen LogP contribution in [0.25, 0.3) is 0 Å². The van der Waals surface area contributed by atoms with Crippen LogP contribution in [-0.2, 0) is 4.79 Å². The van der Waals surface area contributed by atoms with Gasteiger partial charge >= 0.3 is 0 Å². The van der Waals surface area contributed by atoms with E-state index in [1.54, 1.807) is 6.08 Å². The van der Waals surface area contributed by atoms with Crippen LogP contribution in [0.2, 0.25) is 0 Å². The minimum absolute atomic E-state index is 0.0249. The SMILES string of the molecule is CC(CO)CCCC(C)[C@H]1CC[C@@]2(O)C3=CC(=O)[C@@H]4C[C@@H](O)[C@@H](O)C[C@]4(C)C3CC[C@]12C. The highest BCUT2D eigenvalue weighted by Crippen LogP contribution is 2.68. The molecule has 4 N–H and O–H groups in total. The molecule has 4 aliphatic carbocycles. The monoisotopic (exact) mass is 448 g/mol. The maximum atomic E-state index is 13.2. The third-order valence-electron chi connectivity index (χ3n) is 10.5. The molecule has 0 amide bonds. The van der Waals surface area contributed by atoms with Gasteiger partial charge in [-0.15, -0.1) is 0 Å². The normalized spacial score (nSPS) is 47.8. The maximum Gasteiger partial charge on any atom is 0.159 e. The van der Waals surface area contributed by atoms with E-state index in [-0.39, 0.29) is 29.6 Å². The van der Waals surface area contributed by atoms with Crippen molar-refractivity contribution < 1.29 is 25.2 Å². The Kier molecular flexibility index (Phi) is 6.46. The molecule has 0 bridgehead atoms. The maximum absolute atomic E-state index is 13.2. The van der Waals surface area contributed by atoms with Crippen LogP contribution in [-0.4, -0.2) is 50.6 Å². The van der Waals surface area contributed by atoms with Gasteiger partial charge in [0.05, 0.1) is 17.8 Å². The van der Waals surface area contributed by atoms with Crippen LogP contribution >= 0.6 is 0 Å². The van der Waals surface area contributed by atoms with Crippen LogP contribution in [0.4, 0.5) is 0 Å². The van der Waals surface area contributed by atoms with E-state index < -0.39 is 23.2 Å². The average Bonchev–Trinajstić information content (AvgIpc) is 3.01. The minimum Gasteiger partial charge on any atom is -0.396 e. The molecule has 4 rings (SSSR count). The molecule has 10 atom stereocenters. The number of rotatable bonds is 6. The van der Waals surface area contributed by atoms with Gasteiger partial charge in [0.25, 0.3) is 0 Å². The number of ketones is 1. The Morgan fingerprint density at radius 2 is 1.78 bits per heavy atom. The summed E-state index contributed by atoms with van der Waals surface area (Å²) in [6.45, 7) is 8.99. The molecule has 0 saturated heterocycles. The van der Waals surface area contributed by atoms with Crippen molar-refractivity contribution in [3.05, 3.63) is 11.6 Å². The summed E-state index contributed by atoms with van der Waals surface area (Å²) >= 11 is 0. The number of aliphatic hydroxyl groups is 4. The summed E-state index contributed by atoms with van der Waals surface area (Å²) in [5.74, 6) is 1.09. The first-order valence-corrected chi connectivity index (χ1v) is 12.9. The number of fused-ring (bicyclic) bond motifs is 5. The van der Waals surface area contributed by atoms with Crippen LogP contribution in [0.1, 0.15) is 85.5 Å². The molecule has 0 aromatic carbocycles. The van der Waals surface area contributed by atoms with Crippen LogP contribution in [0, 0.1) is 40.4 Å². The van der Waals surface area contributed by atoms with Crippen molar-refractivity contribution in [3.63, 3.8) is 0 Å². The lowest BCUT2D eigenvalue weighted by Crippen LogP contribution is -2.60. The molecule has 4 aliphatic rings. The molecular formula is C27H44O5. The van der Waals surface area contributed by atoms with Crippen molar-refractivity contribution in [1.29, 1.82) is 0 Å². The Morgan fingerprint density at radius 3 is 2.47 bits per heavy atom. The lowest BCUT2D eigenvalue weighted by Gasteiger charge is -2.60. The Morgan fingerprint density at radius 1 is 1.06 bits per heavy atom. The van der Waals surface area contributed by atoms with E-state index >= 15 is 0 Å². The molecule has 0 heterocycles. The van der Waals surface area contributed by atoms with E-state index in [1.807, 2.05) is 0 Å². The molecule has 3 fully saturated rings. The Bertz CT molecular complexity index is 763. The summed E-state index contributed by atoms with van der Waals surface area (Å²) < 4.78 is 0. The largest absolute Gasteiger partial charge is 0.396 e. The molecular weight excluding hydrogens is 404 g/mol. The van der Waals surface area contributed by atoms with Gasteiger partial charge in [-0.1, -0.05) is 40.5 Å². The highest BCUT2D eigenvalue weighted by Gasteiger charge is 2.66. The van der Waals surface area contributed by atoms with E-state index in [9.17, 15) is 25.2 Å². The molecule has 5 heteroatoms. The van der Waals surface area contributed by atoms with Crippen molar-refractivity contribution in [2.75, 3.05) is 6.61 Å². The molecule has 32 heavy (non-hydrogen) atoms. The van der Waals surface area contributed by atoms with Gasteiger partial charge in [-0.3, -0.25) is 4.79 Å². The lowest BCUT2D eigenvalue weighted by molar-refractivity contribution is -0.153. The fraction of sp³-hybridized carbons (Fsp3) is 0.889. The van der Waals surface area contributed by atoms with Crippen LogP contribution in [0.3, 0.4) is 0 Å². The predicted octanol–water partition coefficient (Wildman–Crippen LogP) is 3.63. The van der Waals surface area contributed by atoms with Gasteiger partial charge in [0.15, 0.2) is 5.78 Å². The molecule has 3 saturated carbocycles. The number of aliphatic hydroxyl groups excluding tert-OH is 3. The third-order valence-corrected chi connectivity index (χ3v) is 10.5. The number of carbonyl (C=O) groups excluding carboxylic acids is 1. The van der Waals surface area contributed by atoms with Crippen molar-refractivity contribution in [3.8, 4) is 0 Å². The highest BCUT2D eigenvalue weighted by molar-refractivity contribution is 5.95. The third kappa shape index (κ3) is 3.54. The first-order valence-electron chi connectivity index (χ1n) is 12.9. The summed E-state index contributed by atoms with van der Waals surface area (Å²) in [5.41, 5.74) is -0.686. The molecule has 0 spiro atoms. The van der Waals surface area contributed by atoms with E-state index in [1.165, 1.54) is 0 Å². The van der Waals surface area contributed by atoms with Gasteiger partial charge in [0.1, 0.15) is 0 Å². The van der Waals surface area contributed by atoms with Crippen molar-refractivity contribution in [1.82, 2.24) is 0 Å². The van der Waals surface area contributed by atoms with Gasteiger partial charge in [-0.25, -0.2) is 0 Å². The molecule has 0 radical (unpaired) electrons. The fourth-order valence-corrected chi connectivity index (χ4v) is 8.40. The molecule has 3 unspecified atom stereocenters. The summed E-state index contributed by atoms with van der Waals surface area (Å²) in [7, 11) is 0.